The van der Waals surface area contributed by atoms with Crippen LogP contribution >= 0.6 is 0 Å². The standard InChI is InChI=1S/C25H46F2/c1-21(2)16-12-14-20(15-13-17-21)22(3,4)25(26,27)23(5,6)24(7)18-10-8-9-11-19-24/h20H,8-19H2,1-7H3. The Kier molecular flexibility index (Phi) is 6.81. The highest BCUT2D eigenvalue weighted by atomic mass is 19.3. The van der Waals surface area contributed by atoms with Gasteiger partial charge in [-0.25, -0.2) is 8.78 Å². The third-order valence-electron chi connectivity index (χ3n) is 9.14. The Morgan fingerprint density at radius 3 is 1.56 bits per heavy atom. The molecule has 0 aromatic carbocycles. The van der Waals surface area contributed by atoms with Gasteiger partial charge in [-0.05, 0) is 55.3 Å². The van der Waals surface area contributed by atoms with Gasteiger partial charge in [-0.2, -0.15) is 0 Å². The summed E-state index contributed by atoms with van der Waals surface area (Å²) in [4.78, 5) is 0. The summed E-state index contributed by atoms with van der Waals surface area (Å²) in [5.41, 5.74) is -1.82. The normalized spacial score (nSPS) is 26.1. The molecule has 0 N–H and O–H groups in total. The monoisotopic (exact) mass is 384 g/mol. The number of halogens is 2. The smallest absolute Gasteiger partial charge is 0.206 e. The van der Waals surface area contributed by atoms with E-state index < -0.39 is 16.8 Å². The van der Waals surface area contributed by atoms with Crippen LogP contribution in [0.3, 0.4) is 0 Å². The Bertz CT molecular complexity index is 467. The second kappa shape index (κ2) is 7.94. The van der Waals surface area contributed by atoms with E-state index in [0.717, 1.165) is 51.4 Å². The molecule has 0 nitrogen and oxygen atoms in total. The molecule has 0 radical (unpaired) electrons. The van der Waals surface area contributed by atoms with Gasteiger partial charge >= 0.3 is 0 Å². The van der Waals surface area contributed by atoms with Crippen molar-refractivity contribution in [3.8, 4) is 0 Å². The van der Waals surface area contributed by atoms with E-state index in [1.54, 1.807) is 0 Å². The summed E-state index contributed by atoms with van der Waals surface area (Å²) in [6.45, 7) is 14.4. The van der Waals surface area contributed by atoms with Gasteiger partial charge in [0, 0.05) is 10.8 Å². The molecule has 0 atom stereocenters. The number of alkyl halides is 2. The fraction of sp³-hybridized carbons (Fsp3) is 1.00. The molecule has 0 heterocycles. The Hall–Kier alpha value is -0.140. The molecular weight excluding hydrogens is 338 g/mol. The van der Waals surface area contributed by atoms with Crippen LogP contribution in [0.25, 0.3) is 0 Å². The predicted octanol–water partition coefficient (Wildman–Crippen LogP) is 9.03. The fourth-order valence-electron chi connectivity index (χ4n) is 6.22. The second-order valence-electron chi connectivity index (χ2n) is 12.0. The second-order valence-corrected chi connectivity index (χ2v) is 12.0. The average Bonchev–Trinajstić information content (AvgIpc) is 2.76. The number of rotatable bonds is 4. The van der Waals surface area contributed by atoms with E-state index in [4.69, 9.17) is 0 Å². The maximum Gasteiger partial charge on any atom is 0.258 e. The van der Waals surface area contributed by atoms with Crippen LogP contribution in [-0.4, -0.2) is 5.92 Å². The zero-order valence-corrected chi connectivity index (χ0v) is 19.3. The molecule has 0 amide bonds. The van der Waals surface area contributed by atoms with Crippen molar-refractivity contribution in [3.05, 3.63) is 0 Å². The quantitative estimate of drug-likeness (QED) is 0.424. The fourth-order valence-corrected chi connectivity index (χ4v) is 6.22. The van der Waals surface area contributed by atoms with Crippen LogP contribution in [0.4, 0.5) is 8.78 Å². The maximum absolute atomic E-state index is 16.3. The third kappa shape index (κ3) is 4.40. The largest absolute Gasteiger partial charge is 0.258 e. The van der Waals surface area contributed by atoms with Crippen molar-refractivity contribution in [2.75, 3.05) is 0 Å². The van der Waals surface area contributed by atoms with E-state index in [1.807, 2.05) is 27.7 Å². The first-order valence-corrected chi connectivity index (χ1v) is 11.6. The van der Waals surface area contributed by atoms with Gasteiger partial charge in [0.25, 0.3) is 5.92 Å². The average molecular weight is 385 g/mol. The molecule has 2 aliphatic carbocycles. The molecule has 27 heavy (non-hydrogen) atoms. The van der Waals surface area contributed by atoms with E-state index >= 15 is 8.78 Å². The van der Waals surface area contributed by atoms with Crippen LogP contribution in [0.5, 0.6) is 0 Å². The highest BCUT2D eigenvalue weighted by Gasteiger charge is 2.64. The summed E-state index contributed by atoms with van der Waals surface area (Å²) in [6.07, 6.45) is 13.0. The van der Waals surface area contributed by atoms with Gasteiger partial charge < -0.3 is 0 Å². The molecule has 0 unspecified atom stereocenters. The third-order valence-corrected chi connectivity index (χ3v) is 9.14. The van der Waals surface area contributed by atoms with Crippen molar-refractivity contribution in [1.82, 2.24) is 0 Å². The number of hydrogen-bond donors (Lipinski definition) is 0. The van der Waals surface area contributed by atoms with E-state index in [1.165, 1.54) is 25.7 Å². The van der Waals surface area contributed by atoms with E-state index in [2.05, 4.69) is 20.8 Å². The lowest BCUT2D eigenvalue weighted by molar-refractivity contribution is -0.246. The molecule has 160 valence electrons. The minimum Gasteiger partial charge on any atom is -0.206 e. The summed E-state index contributed by atoms with van der Waals surface area (Å²) >= 11 is 0. The summed E-state index contributed by atoms with van der Waals surface area (Å²) < 4.78 is 32.6. The molecule has 0 spiro atoms. The summed E-state index contributed by atoms with van der Waals surface area (Å²) in [5.74, 6) is -2.55. The molecule has 2 saturated carbocycles. The number of hydrogen-bond acceptors (Lipinski definition) is 0. The van der Waals surface area contributed by atoms with Crippen molar-refractivity contribution in [3.63, 3.8) is 0 Å². The van der Waals surface area contributed by atoms with Crippen LogP contribution in [0.2, 0.25) is 0 Å². The molecule has 2 rings (SSSR count). The van der Waals surface area contributed by atoms with E-state index in [0.29, 0.717) is 5.41 Å². The highest BCUT2D eigenvalue weighted by Crippen LogP contribution is 2.63. The first-order valence-electron chi connectivity index (χ1n) is 11.6. The van der Waals surface area contributed by atoms with Crippen molar-refractivity contribution in [2.45, 2.75) is 131 Å². The Balaban J connectivity index is 2.25. The van der Waals surface area contributed by atoms with Crippen LogP contribution in [0.15, 0.2) is 0 Å². The minimum absolute atomic E-state index is 0.122. The van der Waals surface area contributed by atoms with Crippen molar-refractivity contribution in [1.29, 1.82) is 0 Å². The topological polar surface area (TPSA) is 0 Å². The molecule has 0 aromatic heterocycles. The van der Waals surface area contributed by atoms with Crippen molar-refractivity contribution in [2.24, 2.45) is 27.6 Å². The molecule has 0 saturated heterocycles. The van der Waals surface area contributed by atoms with Crippen LogP contribution in [0, 0.1) is 27.6 Å². The van der Waals surface area contributed by atoms with E-state index in [9.17, 15) is 0 Å². The summed E-state index contributed by atoms with van der Waals surface area (Å²) in [6, 6.07) is 0. The van der Waals surface area contributed by atoms with Gasteiger partial charge in [-0.15, -0.1) is 0 Å². The van der Waals surface area contributed by atoms with Gasteiger partial charge in [0.2, 0.25) is 0 Å². The van der Waals surface area contributed by atoms with Gasteiger partial charge in [-0.1, -0.05) is 87.0 Å². The van der Waals surface area contributed by atoms with Gasteiger partial charge in [-0.3, -0.25) is 0 Å². The predicted molar refractivity (Wildman–Crippen MR) is 113 cm³/mol. The zero-order chi connectivity index (χ0) is 20.6. The van der Waals surface area contributed by atoms with Crippen LogP contribution in [0.1, 0.15) is 126 Å². The first-order chi connectivity index (χ1) is 12.3. The lowest BCUT2D eigenvalue weighted by Crippen LogP contribution is -2.58. The highest BCUT2D eigenvalue weighted by molar-refractivity contribution is 5.06. The van der Waals surface area contributed by atoms with Crippen molar-refractivity contribution >= 4 is 0 Å². The first kappa shape index (κ1) is 23.1. The SMILES string of the molecule is CC1(C)CCCC(C(C)(C)C(F)(F)C(C)(C)C2(C)CCCCCC2)CCC1. The lowest BCUT2D eigenvalue weighted by Gasteiger charge is -2.56. The van der Waals surface area contributed by atoms with Crippen LogP contribution < -0.4 is 0 Å². The van der Waals surface area contributed by atoms with E-state index in [-0.39, 0.29) is 11.3 Å². The van der Waals surface area contributed by atoms with Crippen molar-refractivity contribution < 1.29 is 8.78 Å². The molecule has 0 aromatic rings. The maximum atomic E-state index is 16.3. The zero-order valence-electron chi connectivity index (χ0n) is 19.3. The molecule has 0 aliphatic heterocycles. The van der Waals surface area contributed by atoms with Gasteiger partial charge in [0.05, 0.1) is 0 Å². The Labute approximate surface area is 168 Å². The lowest BCUT2D eigenvalue weighted by atomic mass is 9.52. The van der Waals surface area contributed by atoms with Crippen LogP contribution in [-0.2, 0) is 0 Å². The van der Waals surface area contributed by atoms with Gasteiger partial charge in [0.1, 0.15) is 0 Å². The molecular formula is C25H46F2. The molecule has 2 heteroatoms. The molecule has 2 fully saturated rings. The molecule has 2 aliphatic rings. The minimum atomic E-state index is -2.67. The summed E-state index contributed by atoms with van der Waals surface area (Å²) in [5, 5.41) is 0. The molecule has 0 bridgehead atoms. The Morgan fingerprint density at radius 2 is 1.11 bits per heavy atom. The summed E-state index contributed by atoms with van der Waals surface area (Å²) in [7, 11) is 0. The Morgan fingerprint density at radius 1 is 0.667 bits per heavy atom. The van der Waals surface area contributed by atoms with Gasteiger partial charge in [0.15, 0.2) is 0 Å².